The van der Waals surface area contributed by atoms with Crippen molar-refractivity contribution in [1.82, 2.24) is 19.9 Å². The van der Waals surface area contributed by atoms with Gasteiger partial charge < -0.3 is 9.26 Å². The summed E-state index contributed by atoms with van der Waals surface area (Å²) in [4.78, 5) is 12.7. The lowest BCUT2D eigenvalue weighted by molar-refractivity contribution is -0.115. The predicted octanol–water partition coefficient (Wildman–Crippen LogP) is 5.40. The quantitative estimate of drug-likeness (QED) is 0.335. The van der Waals surface area contributed by atoms with Crippen LogP contribution in [0.4, 0.5) is 5.88 Å². The summed E-state index contributed by atoms with van der Waals surface area (Å²) in [6, 6.07) is 16.7. The number of aryl methyl sites for hydroxylation is 1. The van der Waals surface area contributed by atoms with Crippen LogP contribution in [0.15, 0.2) is 64.3 Å². The van der Waals surface area contributed by atoms with Gasteiger partial charge in [0.2, 0.25) is 11.8 Å². The molecular weight excluding hydrogens is 462 g/mol. The van der Waals surface area contributed by atoms with Crippen LogP contribution in [0.25, 0.3) is 17.1 Å². The fourth-order valence-corrected chi connectivity index (χ4v) is 4.17. The van der Waals surface area contributed by atoms with Crippen LogP contribution in [-0.2, 0) is 4.79 Å². The Morgan fingerprint density at radius 3 is 2.67 bits per heavy atom. The Kier molecular flexibility index (Phi) is 7.00. The highest BCUT2D eigenvalue weighted by molar-refractivity contribution is 8.00. The Hall–Kier alpha value is -3.30. The standard InChI is InChI=1S/C23H22ClN5O3S/c1-4-31-19-10-8-18(9-11-19)29-21(16-6-5-7-17(24)13-16)26-27-23(29)33-15(3)22(30)25-20-12-14(2)28-32-20/h5-13,15H,4H2,1-3H3,(H,25,30). The van der Waals surface area contributed by atoms with E-state index in [1.54, 1.807) is 26.0 Å². The molecule has 33 heavy (non-hydrogen) atoms. The van der Waals surface area contributed by atoms with Gasteiger partial charge in [-0.05, 0) is 57.2 Å². The molecule has 1 atom stereocenters. The van der Waals surface area contributed by atoms with Crippen LogP contribution in [-0.4, -0.2) is 37.7 Å². The highest BCUT2D eigenvalue weighted by atomic mass is 35.5. The minimum absolute atomic E-state index is 0.235. The van der Waals surface area contributed by atoms with Gasteiger partial charge in [-0.25, -0.2) is 0 Å². The van der Waals surface area contributed by atoms with Gasteiger partial charge in [0.05, 0.1) is 17.6 Å². The second-order valence-electron chi connectivity index (χ2n) is 7.16. The lowest BCUT2D eigenvalue weighted by Gasteiger charge is -2.14. The Bertz CT molecular complexity index is 1260. The maximum absolute atomic E-state index is 12.7. The van der Waals surface area contributed by atoms with E-state index < -0.39 is 5.25 Å². The van der Waals surface area contributed by atoms with E-state index in [0.29, 0.717) is 34.2 Å². The zero-order valence-electron chi connectivity index (χ0n) is 18.3. The largest absolute Gasteiger partial charge is 0.494 e. The molecule has 0 saturated carbocycles. The van der Waals surface area contributed by atoms with E-state index in [0.717, 1.165) is 17.0 Å². The number of benzene rings is 2. The van der Waals surface area contributed by atoms with Crippen molar-refractivity contribution in [3.63, 3.8) is 0 Å². The van der Waals surface area contributed by atoms with Crippen LogP contribution in [0, 0.1) is 6.92 Å². The highest BCUT2D eigenvalue weighted by Gasteiger charge is 2.23. The Morgan fingerprint density at radius 2 is 2.00 bits per heavy atom. The zero-order chi connectivity index (χ0) is 23.4. The van der Waals surface area contributed by atoms with Gasteiger partial charge in [-0.3, -0.25) is 14.7 Å². The van der Waals surface area contributed by atoms with Gasteiger partial charge in [0.1, 0.15) is 5.75 Å². The molecule has 0 fully saturated rings. The van der Waals surface area contributed by atoms with Crippen molar-refractivity contribution in [3.05, 3.63) is 65.3 Å². The molecule has 0 bridgehead atoms. The summed E-state index contributed by atoms with van der Waals surface area (Å²) >= 11 is 7.50. The minimum atomic E-state index is -0.478. The van der Waals surface area contributed by atoms with E-state index in [1.165, 1.54) is 11.8 Å². The Balaban J connectivity index is 1.66. The zero-order valence-corrected chi connectivity index (χ0v) is 19.9. The molecular formula is C23H22ClN5O3S. The SMILES string of the molecule is CCOc1ccc(-n2c(SC(C)C(=O)Nc3cc(C)no3)nnc2-c2cccc(Cl)c2)cc1. The number of anilines is 1. The number of hydrogen-bond acceptors (Lipinski definition) is 7. The molecule has 1 amide bonds. The van der Waals surface area contributed by atoms with Crippen molar-refractivity contribution in [3.8, 4) is 22.8 Å². The summed E-state index contributed by atoms with van der Waals surface area (Å²) in [5.74, 6) is 1.45. The van der Waals surface area contributed by atoms with E-state index in [1.807, 2.05) is 54.0 Å². The lowest BCUT2D eigenvalue weighted by atomic mass is 10.2. The maximum atomic E-state index is 12.7. The van der Waals surface area contributed by atoms with E-state index in [-0.39, 0.29) is 5.91 Å². The van der Waals surface area contributed by atoms with Gasteiger partial charge >= 0.3 is 0 Å². The molecule has 0 radical (unpaired) electrons. The van der Waals surface area contributed by atoms with Gasteiger partial charge in [0.15, 0.2) is 11.0 Å². The third-order valence-corrected chi connectivity index (χ3v) is 5.93. The topological polar surface area (TPSA) is 95.1 Å². The number of thioether (sulfide) groups is 1. The lowest BCUT2D eigenvalue weighted by Crippen LogP contribution is -2.22. The molecule has 0 aliphatic heterocycles. The molecule has 2 heterocycles. The summed E-state index contributed by atoms with van der Waals surface area (Å²) in [6.45, 7) is 6.10. The van der Waals surface area contributed by atoms with Gasteiger partial charge in [0.25, 0.3) is 0 Å². The molecule has 4 rings (SSSR count). The van der Waals surface area contributed by atoms with E-state index in [4.69, 9.17) is 20.9 Å². The molecule has 1 unspecified atom stereocenters. The van der Waals surface area contributed by atoms with Crippen LogP contribution in [0.2, 0.25) is 5.02 Å². The number of carbonyl (C=O) groups is 1. The average Bonchev–Trinajstić information content (AvgIpc) is 3.40. The number of rotatable bonds is 8. The van der Waals surface area contributed by atoms with E-state index in [2.05, 4.69) is 20.7 Å². The molecule has 0 saturated heterocycles. The summed E-state index contributed by atoms with van der Waals surface area (Å²) in [5.41, 5.74) is 2.33. The monoisotopic (exact) mass is 483 g/mol. The second-order valence-corrected chi connectivity index (χ2v) is 8.91. The smallest absolute Gasteiger partial charge is 0.240 e. The first-order valence-corrected chi connectivity index (χ1v) is 11.6. The molecule has 0 aliphatic rings. The van der Waals surface area contributed by atoms with Crippen molar-refractivity contribution in [2.45, 2.75) is 31.2 Å². The van der Waals surface area contributed by atoms with Crippen LogP contribution >= 0.6 is 23.4 Å². The third kappa shape index (κ3) is 5.37. The number of hydrogen-bond donors (Lipinski definition) is 1. The Morgan fingerprint density at radius 1 is 1.21 bits per heavy atom. The number of carbonyl (C=O) groups excluding carboxylic acids is 1. The molecule has 2 aromatic carbocycles. The average molecular weight is 484 g/mol. The molecule has 1 N–H and O–H groups in total. The van der Waals surface area contributed by atoms with Crippen molar-refractivity contribution in [1.29, 1.82) is 0 Å². The fourth-order valence-electron chi connectivity index (χ4n) is 3.11. The van der Waals surface area contributed by atoms with Crippen LogP contribution in [0.1, 0.15) is 19.5 Å². The maximum Gasteiger partial charge on any atom is 0.240 e. The van der Waals surface area contributed by atoms with Crippen LogP contribution < -0.4 is 10.1 Å². The van der Waals surface area contributed by atoms with Gasteiger partial charge in [-0.2, -0.15) is 0 Å². The van der Waals surface area contributed by atoms with E-state index in [9.17, 15) is 4.79 Å². The van der Waals surface area contributed by atoms with Crippen molar-refractivity contribution in [2.24, 2.45) is 0 Å². The van der Waals surface area contributed by atoms with Crippen LogP contribution in [0.5, 0.6) is 5.75 Å². The van der Waals surface area contributed by atoms with Crippen molar-refractivity contribution in [2.75, 3.05) is 11.9 Å². The van der Waals surface area contributed by atoms with Gasteiger partial charge in [0, 0.05) is 22.3 Å². The molecule has 2 aromatic heterocycles. The predicted molar refractivity (Wildman–Crippen MR) is 128 cm³/mol. The summed E-state index contributed by atoms with van der Waals surface area (Å²) in [7, 11) is 0. The summed E-state index contributed by atoms with van der Waals surface area (Å²) in [6.07, 6.45) is 0. The first-order chi connectivity index (χ1) is 15.9. The first-order valence-electron chi connectivity index (χ1n) is 10.3. The second kappa shape index (κ2) is 10.1. The number of aromatic nitrogens is 4. The third-order valence-electron chi connectivity index (χ3n) is 4.65. The number of amides is 1. The molecule has 0 aliphatic carbocycles. The van der Waals surface area contributed by atoms with Gasteiger partial charge in [-0.15, -0.1) is 10.2 Å². The first kappa shape index (κ1) is 22.9. The number of nitrogens with one attached hydrogen (secondary N) is 1. The summed E-state index contributed by atoms with van der Waals surface area (Å²) in [5, 5.41) is 16.0. The van der Waals surface area contributed by atoms with Crippen LogP contribution in [0.3, 0.4) is 0 Å². The van der Waals surface area contributed by atoms with Crippen molar-refractivity contribution >= 4 is 35.2 Å². The molecule has 4 aromatic rings. The normalized spacial score (nSPS) is 11.9. The van der Waals surface area contributed by atoms with Crippen molar-refractivity contribution < 1.29 is 14.1 Å². The molecule has 8 nitrogen and oxygen atoms in total. The summed E-state index contributed by atoms with van der Waals surface area (Å²) < 4.78 is 12.5. The fraction of sp³-hybridized carbons (Fsp3) is 0.217. The van der Waals surface area contributed by atoms with Gasteiger partial charge in [-0.1, -0.05) is 40.7 Å². The Labute approximate surface area is 200 Å². The molecule has 0 spiro atoms. The molecule has 10 heteroatoms. The molecule has 170 valence electrons. The van der Waals surface area contributed by atoms with E-state index >= 15 is 0 Å². The number of nitrogens with zero attached hydrogens (tertiary/aromatic N) is 4. The highest BCUT2D eigenvalue weighted by Crippen LogP contribution is 2.32. The minimum Gasteiger partial charge on any atom is -0.494 e. The number of halogens is 1. The number of ether oxygens (including phenoxy) is 1.